The topological polar surface area (TPSA) is 37.4 Å². The van der Waals surface area contributed by atoms with Crippen molar-refractivity contribution in [3.05, 3.63) is 0 Å². The molecule has 0 N–H and O–H groups in total. The van der Waals surface area contributed by atoms with E-state index in [-0.39, 0.29) is 17.7 Å². The van der Waals surface area contributed by atoms with E-state index in [9.17, 15) is 9.59 Å². The molecule has 3 nitrogen and oxygen atoms in total. The highest BCUT2D eigenvalue weighted by molar-refractivity contribution is 6.00. The van der Waals surface area contributed by atoms with E-state index in [1.807, 2.05) is 20.8 Å². The predicted octanol–water partition coefficient (Wildman–Crippen LogP) is 2.70. The number of carbonyl (C=O) groups excluding carboxylic acids is 2. The smallest absolute Gasteiger partial charge is 0.234 e. The largest absolute Gasteiger partial charge is 0.282 e. The monoisotopic (exact) mass is 275 g/mol. The van der Waals surface area contributed by atoms with Gasteiger partial charge < -0.3 is 0 Å². The van der Waals surface area contributed by atoms with E-state index in [4.69, 9.17) is 0 Å². The molecule has 4 rings (SSSR count). The standard InChI is InChI=1S/C17H25NO2/c1-4-17(2,3)16(20)18-8-13-11-7-12(14(13)15(18)19)10-6-5-9(10)11/h9-14H,4-8H2,1-3H3. The third kappa shape index (κ3) is 1.37. The minimum atomic E-state index is -0.397. The Hall–Kier alpha value is -0.860. The van der Waals surface area contributed by atoms with Gasteiger partial charge in [0, 0.05) is 17.9 Å². The second kappa shape index (κ2) is 3.86. The predicted molar refractivity (Wildman–Crippen MR) is 75.6 cm³/mol. The van der Waals surface area contributed by atoms with Crippen LogP contribution in [0.1, 0.15) is 46.5 Å². The van der Waals surface area contributed by atoms with Crippen molar-refractivity contribution in [3.63, 3.8) is 0 Å². The molecule has 2 bridgehead atoms. The number of fused-ring (bicyclic) bond motifs is 8. The molecule has 0 spiro atoms. The molecule has 4 fully saturated rings. The average molecular weight is 275 g/mol. The molecule has 6 unspecified atom stereocenters. The maximum absolute atomic E-state index is 12.8. The summed E-state index contributed by atoms with van der Waals surface area (Å²) in [6.45, 7) is 6.68. The summed E-state index contributed by atoms with van der Waals surface area (Å²) in [6, 6.07) is 0. The number of likely N-dealkylation sites (tertiary alicyclic amines) is 1. The third-order valence-corrected chi connectivity index (χ3v) is 7.15. The number of hydrogen-bond donors (Lipinski definition) is 0. The quantitative estimate of drug-likeness (QED) is 0.777. The van der Waals surface area contributed by atoms with Crippen molar-refractivity contribution in [2.24, 2.45) is 40.9 Å². The lowest BCUT2D eigenvalue weighted by Crippen LogP contribution is -2.43. The van der Waals surface area contributed by atoms with Crippen molar-refractivity contribution in [2.45, 2.75) is 46.5 Å². The zero-order valence-corrected chi connectivity index (χ0v) is 12.8. The van der Waals surface area contributed by atoms with E-state index >= 15 is 0 Å². The van der Waals surface area contributed by atoms with Crippen LogP contribution in [0.25, 0.3) is 0 Å². The molecule has 1 heterocycles. The Labute approximate surface area is 121 Å². The third-order valence-electron chi connectivity index (χ3n) is 7.15. The van der Waals surface area contributed by atoms with Crippen molar-refractivity contribution in [1.29, 1.82) is 0 Å². The molecule has 1 aliphatic heterocycles. The van der Waals surface area contributed by atoms with Gasteiger partial charge in [-0.1, -0.05) is 20.8 Å². The van der Waals surface area contributed by atoms with Gasteiger partial charge in [0.1, 0.15) is 0 Å². The zero-order valence-electron chi connectivity index (χ0n) is 12.8. The van der Waals surface area contributed by atoms with Gasteiger partial charge in [-0.25, -0.2) is 0 Å². The second-order valence-corrected chi connectivity index (χ2v) is 8.15. The highest BCUT2D eigenvalue weighted by Gasteiger charge is 2.66. The molecule has 2 amide bonds. The number of hydrogen-bond acceptors (Lipinski definition) is 2. The molecular formula is C17H25NO2. The first-order valence-electron chi connectivity index (χ1n) is 8.31. The van der Waals surface area contributed by atoms with Gasteiger partial charge >= 0.3 is 0 Å². The molecule has 0 aromatic heterocycles. The van der Waals surface area contributed by atoms with Crippen molar-refractivity contribution in [3.8, 4) is 0 Å². The highest BCUT2D eigenvalue weighted by atomic mass is 16.2. The molecule has 20 heavy (non-hydrogen) atoms. The fraction of sp³-hybridized carbons (Fsp3) is 0.882. The van der Waals surface area contributed by atoms with E-state index in [0.717, 1.165) is 30.7 Å². The van der Waals surface area contributed by atoms with Crippen LogP contribution >= 0.6 is 0 Å². The van der Waals surface area contributed by atoms with Gasteiger partial charge in [0.05, 0.1) is 0 Å². The number of nitrogens with zero attached hydrogens (tertiary/aromatic N) is 1. The number of amides is 2. The van der Waals surface area contributed by atoms with Crippen LogP contribution in [0.4, 0.5) is 0 Å². The van der Waals surface area contributed by atoms with Gasteiger partial charge in [0.15, 0.2) is 0 Å². The van der Waals surface area contributed by atoms with Crippen LogP contribution in [-0.2, 0) is 9.59 Å². The molecule has 110 valence electrons. The molecule has 0 radical (unpaired) electrons. The minimum Gasteiger partial charge on any atom is -0.282 e. The first kappa shape index (κ1) is 12.8. The van der Waals surface area contributed by atoms with Crippen LogP contribution in [0.5, 0.6) is 0 Å². The molecule has 6 atom stereocenters. The van der Waals surface area contributed by atoms with Gasteiger partial charge in [0.25, 0.3) is 0 Å². The van der Waals surface area contributed by atoms with Crippen molar-refractivity contribution >= 4 is 11.8 Å². The highest BCUT2D eigenvalue weighted by Crippen LogP contribution is 2.67. The summed E-state index contributed by atoms with van der Waals surface area (Å²) >= 11 is 0. The van der Waals surface area contributed by atoms with Crippen LogP contribution in [0.15, 0.2) is 0 Å². The summed E-state index contributed by atoms with van der Waals surface area (Å²) in [5.41, 5.74) is -0.397. The Morgan fingerprint density at radius 2 is 1.80 bits per heavy atom. The Morgan fingerprint density at radius 3 is 2.40 bits per heavy atom. The molecule has 4 aliphatic rings. The van der Waals surface area contributed by atoms with E-state index < -0.39 is 5.41 Å². The first-order valence-corrected chi connectivity index (χ1v) is 8.31. The van der Waals surface area contributed by atoms with Gasteiger partial charge in [-0.2, -0.15) is 0 Å². The maximum atomic E-state index is 12.8. The Balaban J connectivity index is 1.59. The molecule has 0 aromatic carbocycles. The van der Waals surface area contributed by atoms with Crippen LogP contribution in [0.3, 0.4) is 0 Å². The molecule has 3 aliphatic carbocycles. The maximum Gasteiger partial charge on any atom is 0.234 e. The SMILES string of the molecule is CCC(C)(C)C(=O)N1CC2C3CC(C4CCC43)C2C1=O. The Morgan fingerprint density at radius 1 is 1.15 bits per heavy atom. The Bertz CT molecular complexity index is 483. The molecule has 3 heteroatoms. The van der Waals surface area contributed by atoms with E-state index in [0.29, 0.717) is 11.8 Å². The number of carbonyl (C=O) groups is 2. The van der Waals surface area contributed by atoms with Gasteiger partial charge in [-0.3, -0.25) is 14.5 Å². The van der Waals surface area contributed by atoms with Gasteiger partial charge in [-0.15, -0.1) is 0 Å². The summed E-state index contributed by atoms with van der Waals surface area (Å²) in [6.07, 6.45) is 4.77. The minimum absolute atomic E-state index is 0.0612. The van der Waals surface area contributed by atoms with Crippen LogP contribution in [-0.4, -0.2) is 23.3 Å². The molecule has 1 saturated heterocycles. The number of imide groups is 1. The summed E-state index contributed by atoms with van der Waals surface area (Å²) < 4.78 is 0. The molecular weight excluding hydrogens is 250 g/mol. The summed E-state index contributed by atoms with van der Waals surface area (Å²) in [5.74, 6) is 3.98. The average Bonchev–Trinajstić information content (AvgIpc) is 2.95. The fourth-order valence-electron chi connectivity index (χ4n) is 5.56. The zero-order chi connectivity index (χ0) is 14.2. The van der Waals surface area contributed by atoms with Crippen molar-refractivity contribution in [2.75, 3.05) is 6.54 Å². The summed E-state index contributed by atoms with van der Waals surface area (Å²) in [7, 11) is 0. The fourth-order valence-corrected chi connectivity index (χ4v) is 5.56. The van der Waals surface area contributed by atoms with Crippen molar-refractivity contribution < 1.29 is 9.59 Å². The summed E-state index contributed by atoms with van der Waals surface area (Å²) in [4.78, 5) is 27.0. The van der Waals surface area contributed by atoms with Crippen LogP contribution < -0.4 is 0 Å². The first-order chi connectivity index (χ1) is 9.45. The van der Waals surface area contributed by atoms with Crippen LogP contribution in [0.2, 0.25) is 0 Å². The van der Waals surface area contributed by atoms with E-state index in [1.54, 1.807) is 4.90 Å². The van der Waals surface area contributed by atoms with E-state index in [2.05, 4.69) is 0 Å². The van der Waals surface area contributed by atoms with Gasteiger partial charge in [0.2, 0.25) is 11.8 Å². The lowest BCUT2D eigenvalue weighted by molar-refractivity contribution is -0.150. The molecule has 0 aromatic rings. The lowest BCUT2D eigenvalue weighted by atomic mass is 9.60. The normalized spacial score (nSPS) is 45.4. The lowest BCUT2D eigenvalue weighted by Gasteiger charge is -2.44. The van der Waals surface area contributed by atoms with Gasteiger partial charge in [-0.05, 0) is 55.3 Å². The summed E-state index contributed by atoms with van der Waals surface area (Å²) in [5, 5.41) is 0. The van der Waals surface area contributed by atoms with Crippen molar-refractivity contribution in [1.82, 2.24) is 4.90 Å². The second-order valence-electron chi connectivity index (χ2n) is 8.15. The molecule has 3 saturated carbocycles. The van der Waals surface area contributed by atoms with E-state index in [1.165, 1.54) is 19.3 Å². The Kier molecular flexibility index (Phi) is 2.48. The van der Waals surface area contributed by atoms with Crippen LogP contribution in [0, 0.1) is 40.9 Å². The number of rotatable bonds is 2.